The Morgan fingerprint density at radius 2 is 1.91 bits per heavy atom. The standard InChI is InChI=1S/C25H27N7OS/c1-17-3-5-19(6-4-17)31(2)22-8-7-20-24(30-22)34-25(28-20)29-21-15-18(9-10-27-21)16-23(33)32-13-11-26-12-14-32/h3-10,15,26H,11-14,16H2,1-2H3,(H,27,28,29). The summed E-state index contributed by atoms with van der Waals surface area (Å²) < 4.78 is 0. The van der Waals surface area contributed by atoms with Gasteiger partial charge in [0, 0.05) is 45.1 Å². The minimum Gasteiger partial charge on any atom is -0.340 e. The van der Waals surface area contributed by atoms with E-state index in [1.165, 1.54) is 16.9 Å². The minimum absolute atomic E-state index is 0.146. The number of carbonyl (C=O) groups is 1. The van der Waals surface area contributed by atoms with E-state index in [1.807, 2.05) is 36.2 Å². The quantitative estimate of drug-likeness (QED) is 0.439. The summed E-state index contributed by atoms with van der Waals surface area (Å²) in [7, 11) is 2.01. The van der Waals surface area contributed by atoms with Crippen molar-refractivity contribution in [3.8, 4) is 0 Å². The van der Waals surface area contributed by atoms with E-state index in [9.17, 15) is 4.79 Å². The molecule has 4 aromatic rings. The first-order chi connectivity index (χ1) is 16.5. The number of hydrogen-bond donors (Lipinski definition) is 2. The summed E-state index contributed by atoms with van der Waals surface area (Å²) in [6.07, 6.45) is 2.09. The van der Waals surface area contributed by atoms with Crippen LogP contribution >= 0.6 is 11.3 Å². The molecule has 2 N–H and O–H groups in total. The lowest BCUT2D eigenvalue weighted by atomic mass is 10.1. The third-order valence-corrected chi connectivity index (χ3v) is 6.77. The lowest BCUT2D eigenvalue weighted by molar-refractivity contribution is -0.131. The number of nitrogens with one attached hydrogen (secondary N) is 2. The highest BCUT2D eigenvalue weighted by Crippen LogP contribution is 2.30. The summed E-state index contributed by atoms with van der Waals surface area (Å²) in [6, 6.07) is 16.1. The molecule has 0 aliphatic carbocycles. The lowest BCUT2D eigenvalue weighted by Gasteiger charge is -2.27. The zero-order valence-corrected chi connectivity index (χ0v) is 20.1. The van der Waals surface area contributed by atoms with E-state index in [4.69, 9.17) is 4.98 Å². The summed E-state index contributed by atoms with van der Waals surface area (Å²) in [5.74, 6) is 1.67. The van der Waals surface area contributed by atoms with Gasteiger partial charge in [0.15, 0.2) is 5.13 Å². The number of carbonyl (C=O) groups excluding carboxylic acids is 1. The van der Waals surface area contributed by atoms with Gasteiger partial charge in [0.25, 0.3) is 0 Å². The van der Waals surface area contributed by atoms with Crippen LogP contribution in [0.4, 0.5) is 22.5 Å². The number of rotatable bonds is 6. The van der Waals surface area contributed by atoms with Crippen LogP contribution in [-0.4, -0.2) is 59.0 Å². The first-order valence-electron chi connectivity index (χ1n) is 11.3. The SMILES string of the molecule is Cc1ccc(N(C)c2ccc3nc(Nc4cc(CC(=O)N5CCNCC5)ccn4)sc3n2)cc1. The number of aryl methyl sites for hydroxylation is 1. The third kappa shape index (κ3) is 5.00. The van der Waals surface area contributed by atoms with E-state index in [1.54, 1.807) is 6.20 Å². The number of piperazine rings is 1. The number of aromatic nitrogens is 3. The number of hydrogen-bond acceptors (Lipinski definition) is 8. The maximum atomic E-state index is 12.6. The Labute approximate surface area is 202 Å². The van der Waals surface area contributed by atoms with Crippen molar-refractivity contribution in [2.45, 2.75) is 13.3 Å². The number of benzene rings is 1. The molecule has 0 unspecified atom stereocenters. The number of amides is 1. The number of pyridine rings is 2. The Morgan fingerprint density at radius 3 is 2.71 bits per heavy atom. The second kappa shape index (κ2) is 9.74. The molecular weight excluding hydrogens is 446 g/mol. The molecule has 5 rings (SSSR count). The predicted octanol–water partition coefficient (Wildman–Crippen LogP) is 3.88. The Balaban J connectivity index is 1.30. The fourth-order valence-electron chi connectivity index (χ4n) is 3.91. The molecule has 3 aromatic heterocycles. The van der Waals surface area contributed by atoms with E-state index in [0.29, 0.717) is 12.2 Å². The molecule has 1 fully saturated rings. The summed E-state index contributed by atoms with van der Waals surface area (Å²) in [5, 5.41) is 7.27. The summed E-state index contributed by atoms with van der Waals surface area (Å²) in [6.45, 7) is 5.30. The Kier molecular flexibility index (Phi) is 6.37. The molecule has 0 spiro atoms. The monoisotopic (exact) mass is 473 g/mol. The molecule has 34 heavy (non-hydrogen) atoms. The van der Waals surface area contributed by atoms with Crippen molar-refractivity contribution in [1.29, 1.82) is 0 Å². The topological polar surface area (TPSA) is 86.3 Å². The van der Waals surface area contributed by atoms with E-state index < -0.39 is 0 Å². The second-order valence-corrected chi connectivity index (χ2v) is 9.37. The minimum atomic E-state index is 0.146. The third-order valence-electron chi connectivity index (χ3n) is 5.89. The predicted molar refractivity (Wildman–Crippen MR) is 137 cm³/mol. The van der Waals surface area contributed by atoms with Crippen LogP contribution < -0.4 is 15.5 Å². The molecule has 1 aromatic carbocycles. The van der Waals surface area contributed by atoms with Gasteiger partial charge in [-0.1, -0.05) is 29.0 Å². The number of fused-ring (bicyclic) bond motifs is 1. The molecule has 8 nitrogen and oxygen atoms in total. The maximum Gasteiger partial charge on any atom is 0.227 e. The van der Waals surface area contributed by atoms with E-state index >= 15 is 0 Å². The number of thiazole rings is 1. The van der Waals surface area contributed by atoms with Gasteiger partial charge in [0.1, 0.15) is 22.0 Å². The molecule has 1 aliphatic heterocycles. The van der Waals surface area contributed by atoms with E-state index in [-0.39, 0.29) is 5.91 Å². The first kappa shape index (κ1) is 22.2. The van der Waals surface area contributed by atoms with Gasteiger partial charge in [0.05, 0.1) is 6.42 Å². The van der Waals surface area contributed by atoms with Crippen LogP contribution in [0.15, 0.2) is 54.7 Å². The highest BCUT2D eigenvalue weighted by atomic mass is 32.1. The Hall–Kier alpha value is -3.56. The van der Waals surface area contributed by atoms with E-state index in [2.05, 4.69) is 56.7 Å². The highest BCUT2D eigenvalue weighted by Gasteiger charge is 2.17. The molecule has 1 amide bonds. The molecule has 9 heteroatoms. The number of nitrogens with zero attached hydrogens (tertiary/aromatic N) is 5. The zero-order valence-electron chi connectivity index (χ0n) is 19.3. The van der Waals surface area contributed by atoms with Gasteiger partial charge in [-0.25, -0.2) is 15.0 Å². The van der Waals surface area contributed by atoms with Crippen LogP contribution in [0.3, 0.4) is 0 Å². The second-order valence-electron chi connectivity index (χ2n) is 8.39. The van der Waals surface area contributed by atoms with Gasteiger partial charge in [-0.3, -0.25) is 4.79 Å². The average Bonchev–Trinajstić information content (AvgIpc) is 3.26. The zero-order chi connectivity index (χ0) is 23.5. The summed E-state index contributed by atoms with van der Waals surface area (Å²) in [5.41, 5.74) is 4.07. The van der Waals surface area contributed by atoms with Crippen molar-refractivity contribution < 1.29 is 4.79 Å². The molecule has 0 atom stereocenters. The van der Waals surface area contributed by atoms with Crippen molar-refractivity contribution in [2.75, 3.05) is 43.4 Å². The van der Waals surface area contributed by atoms with Crippen molar-refractivity contribution in [3.63, 3.8) is 0 Å². The maximum absolute atomic E-state index is 12.6. The van der Waals surface area contributed by atoms with Crippen LogP contribution in [0.25, 0.3) is 10.3 Å². The smallest absolute Gasteiger partial charge is 0.227 e. The van der Waals surface area contributed by atoms with Crippen molar-refractivity contribution in [1.82, 2.24) is 25.2 Å². The van der Waals surface area contributed by atoms with Crippen LogP contribution in [0.1, 0.15) is 11.1 Å². The molecule has 1 aliphatic rings. The van der Waals surface area contributed by atoms with Crippen LogP contribution in [0.2, 0.25) is 0 Å². The first-order valence-corrected chi connectivity index (χ1v) is 12.2. The molecule has 174 valence electrons. The Bertz CT molecular complexity index is 1300. The summed E-state index contributed by atoms with van der Waals surface area (Å²) in [4.78, 5) is 31.3. The normalized spacial score (nSPS) is 13.8. The van der Waals surface area contributed by atoms with Crippen molar-refractivity contribution >= 4 is 50.0 Å². The summed E-state index contributed by atoms with van der Waals surface area (Å²) >= 11 is 1.48. The van der Waals surface area contributed by atoms with Crippen molar-refractivity contribution in [2.24, 2.45) is 0 Å². The number of anilines is 4. The molecule has 0 bridgehead atoms. The molecular formula is C25H27N7OS. The molecule has 1 saturated heterocycles. The molecule has 4 heterocycles. The van der Waals surface area contributed by atoms with Crippen LogP contribution in [-0.2, 0) is 11.2 Å². The van der Waals surface area contributed by atoms with Gasteiger partial charge in [-0.05, 0) is 48.9 Å². The fraction of sp³-hybridized carbons (Fsp3) is 0.280. The highest BCUT2D eigenvalue weighted by molar-refractivity contribution is 7.21. The van der Waals surface area contributed by atoms with Crippen LogP contribution in [0.5, 0.6) is 0 Å². The van der Waals surface area contributed by atoms with Crippen molar-refractivity contribution in [3.05, 3.63) is 65.9 Å². The van der Waals surface area contributed by atoms with Gasteiger partial charge in [-0.2, -0.15) is 0 Å². The van der Waals surface area contributed by atoms with Gasteiger partial charge in [0.2, 0.25) is 5.91 Å². The average molecular weight is 474 g/mol. The van der Waals surface area contributed by atoms with Crippen LogP contribution in [0, 0.1) is 6.92 Å². The largest absolute Gasteiger partial charge is 0.340 e. The Morgan fingerprint density at radius 1 is 1.12 bits per heavy atom. The van der Waals surface area contributed by atoms with Gasteiger partial charge in [-0.15, -0.1) is 0 Å². The van der Waals surface area contributed by atoms with Gasteiger partial charge < -0.3 is 20.4 Å². The molecule has 0 radical (unpaired) electrons. The lowest BCUT2D eigenvalue weighted by Crippen LogP contribution is -2.46. The van der Waals surface area contributed by atoms with E-state index in [0.717, 1.165) is 58.7 Å². The van der Waals surface area contributed by atoms with Gasteiger partial charge >= 0.3 is 0 Å². The fourth-order valence-corrected chi connectivity index (χ4v) is 4.75. The molecule has 0 saturated carbocycles.